The van der Waals surface area contributed by atoms with Crippen molar-refractivity contribution in [1.82, 2.24) is 19.4 Å². The predicted octanol–water partition coefficient (Wildman–Crippen LogP) is 1.65. The average Bonchev–Trinajstić information content (AvgIpc) is 3.24. The van der Waals surface area contributed by atoms with Crippen LogP contribution in [0.2, 0.25) is 0 Å². The molecule has 0 atom stereocenters. The molecule has 2 aromatic rings. The molecule has 1 aromatic heterocycles. The first-order valence-electron chi connectivity index (χ1n) is 9.46. The summed E-state index contributed by atoms with van der Waals surface area (Å²) in [5.74, 6) is -0.647. The van der Waals surface area contributed by atoms with E-state index in [1.54, 1.807) is 22.9 Å². The average molecular weight is 406 g/mol. The highest BCUT2D eigenvalue weighted by atomic mass is 32.2. The van der Waals surface area contributed by atoms with E-state index in [0.717, 1.165) is 30.5 Å². The molecule has 2 aliphatic rings. The van der Waals surface area contributed by atoms with Crippen LogP contribution in [-0.2, 0) is 22.9 Å². The van der Waals surface area contributed by atoms with Gasteiger partial charge in [-0.05, 0) is 44.2 Å². The third-order valence-corrected chi connectivity index (χ3v) is 6.79. The number of nitrogens with one attached hydrogen (secondary N) is 1. The lowest BCUT2D eigenvalue weighted by atomic mass is 10.1. The zero-order valence-corrected chi connectivity index (χ0v) is 16.5. The number of sulfonamides is 1. The maximum Gasteiger partial charge on any atom is 0.272 e. The van der Waals surface area contributed by atoms with Gasteiger partial charge < -0.3 is 5.32 Å². The van der Waals surface area contributed by atoms with Crippen LogP contribution in [0.5, 0.6) is 0 Å². The Labute approximate surface area is 163 Å². The lowest BCUT2D eigenvalue weighted by molar-refractivity contribution is 0.0917. The first-order chi connectivity index (χ1) is 13.3. The largest absolute Gasteiger partial charge is 0.348 e. The molecule has 28 heavy (non-hydrogen) atoms. The van der Waals surface area contributed by atoms with Crippen molar-refractivity contribution in [2.24, 2.45) is 0 Å². The number of fused-ring (bicyclic) bond motifs is 1. The number of aromatic nitrogens is 2. The number of rotatable bonds is 4. The Morgan fingerprint density at radius 2 is 1.93 bits per heavy atom. The topological polar surface area (TPSA) is 84.3 Å². The van der Waals surface area contributed by atoms with Crippen molar-refractivity contribution in [2.75, 3.05) is 19.3 Å². The molecule has 0 unspecified atom stereocenters. The number of benzene rings is 1. The van der Waals surface area contributed by atoms with E-state index in [-0.39, 0.29) is 17.8 Å². The molecule has 1 amide bonds. The zero-order chi connectivity index (χ0) is 19.9. The normalized spacial score (nSPS) is 18.2. The van der Waals surface area contributed by atoms with Crippen LogP contribution in [0.3, 0.4) is 0 Å². The van der Waals surface area contributed by atoms with Crippen LogP contribution >= 0.6 is 0 Å². The van der Waals surface area contributed by atoms with Gasteiger partial charge >= 0.3 is 0 Å². The van der Waals surface area contributed by atoms with Crippen LogP contribution in [0.25, 0.3) is 5.69 Å². The Kier molecular flexibility index (Phi) is 4.96. The molecule has 1 aromatic carbocycles. The molecule has 9 heteroatoms. The van der Waals surface area contributed by atoms with Crippen molar-refractivity contribution in [1.29, 1.82) is 0 Å². The minimum atomic E-state index is -3.20. The fourth-order valence-electron chi connectivity index (χ4n) is 4.03. The summed E-state index contributed by atoms with van der Waals surface area (Å²) in [6, 6.07) is 6.31. The first kappa shape index (κ1) is 19.1. The van der Waals surface area contributed by atoms with Crippen molar-refractivity contribution in [3.05, 3.63) is 47.0 Å². The third kappa shape index (κ3) is 3.56. The van der Waals surface area contributed by atoms with Gasteiger partial charge in [0.25, 0.3) is 5.91 Å². The quantitative estimate of drug-likeness (QED) is 0.837. The standard InChI is InChI=1S/C19H23FN4O3S/c1-28(26,27)23-11-9-13(10-12-23)21-19(25)18-14-5-4-8-16(14)24(22-18)17-7-3-2-6-15(17)20/h2-3,6-7,13H,4-5,8-12H2,1H3,(H,21,25). The Balaban J connectivity index is 1.53. The summed E-state index contributed by atoms with van der Waals surface area (Å²) in [5.41, 5.74) is 2.47. The molecule has 1 N–H and O–H groups in total. The Morgan fingerprint density at radius 1 is 1.21 bits per heavy atom. The van der Waals surface area contributed by atoms with Gasteiger partial charge in [0.2, 0.25) is 10.0 Å². The van der Waals surface area contributed by atoms with Crippen LogP contribution in [0.15, 0.2) is 24.3 Å². The Bertz CT molecular complexity index is 1010. The number of halogens is 1. The SMILES string of the molecule is CS(=O)(=O)N1CCC(NC(=O)c2nn(-c3ccccc3F)c3c2CCC3)CC1. The van der Waals surface area contributed by atoms with Crippen molar-refractivity contribution < 1.29 is 17.6 Å². The molecule has 1 fully saturated rings. The summed E-state index contributed by atoms with van der Waals surface area (Å²) in [7, 11) is -3.20. The molecule has 1 aliphatic heterocycles. The third-order valence-electron chi connectivity index (χ3n) is 5.48. The number of hydrogen-bond donors (Lipinski definition) is 1. The van der Waals surface area contributed by atoms with E-state index in [2.05, 4.69) is 10.4 Å². The lowest BCUT2D eigenvalue weighted by Gasteiger charge is -2.30. The van der Waals surface area contributed by atoms with Crippen molar-refractivity contribution >= 4 is 15.9 Å². The highest BCUT2D eigenvalue weighted by molar-refractivity contribution is 7.88. The minimum absolute atomic E-state index is 0.0961. The molecule has 4 rings (SSSR count). The Hall–Kier alpha value is -2.26. The summed E-state index contributed by atoms with van der Waals surface area (Å²) in [4.78, 5) is 12.9. The van der Waals surface area contributed by atoms with Crippen molar-refractivity contribution in [2.45, 2.75) is 38.1 Å². The van der Waals surface area contributed by atoms with Gasteiger partial charge in [-0.25, -0.2) is 21.8 Å². The van der Waals surface area contributed by atoms with Gasteiger partial charge in [0.05, 0.1) is 6.26 Å². The predicted molar refractivity (Wildman–Crippen MR) is 102 cm³/mol. The van der Waals surface area contributed by atoms with Gasteiger partial charge in [-0.15, -0.1) is 0 Å². The zero-order valence-electron chi connectivity index (χ0n) is 15.7. The highest BCUT2D eigenvalue weighted by Crippen LogP contribution is 2.29. The highest BCUT2D eigenvalue weighted by Gasteiger charge is 2.30. The van der Waals surface area contributed by atoms with E-state index in [0.29, 0.717) is 37.3 Å². The monoisotopic (exact) mass is 406 g/mol. The number of amides is 1. The molecular weight excluding hydrogens is 383 g/mol. The van der Waals surface area contributed by atoms with Crippen molar-refractivity contribution in [3.63, 3.8) is 0 Å². The van der Waals surface area contributed by atoms with E-state index in [4.69, 9.17) is 0 Å². The summed E-state index contributed by atoms with van der Waals surface area (Å²) in [5, 5.41) is 7.43. The van der Waals surface area contributed by atoms with Gasteiger partial charge in [-0.3, -0.25) is 4.79 Å². The van der Waals surface area contributed by atoms with E-state index in [1.165, 1.54) is 16.6 Å². The molecule has 1 aliphatic carbocycles. The van der Waals surface area contributed by atoms with Crippen molar-refractivity contribution in [3.8, 4) is 5.69 Å². The van der Waals surface area contributed by atoms with E-state index in [1.807, 2.05) is 0 Å². The lowest BCUT2D eigenvalue weighted by Crippen LogP contribution is -2.46. The van der Waals surface area contributed by atoms with Gasteiger partial charge in [0, 0.05) is 30.4 Å². The van der Waals surface area contributed by atoms with E-state index >= 15 is 0 Å². The number of hydrogen-bond acceptors (Lipinski definition) is 4. The molecule has 0 saturated carbocycles. The number of para-hydroxylation sites is 1. The molecule has 1 saturated heterocycles. The fourth-order valence-corrected chi connectivity index (χ4v) is 4.90. The molecular formula is C19H23FN4O3S. The minimum Gasteiger partial charge on any atom is -0.348 e. The molecule has 0 spiro atoms. The molecule has 2 heterocycles. The molecule has 0 radical (unpaired) electrons. The van der Waals surface area contributed by atoms with Crippen LogP contribution in [-0.4, -0.2) is 53.8 Å². The van der Waals surface area contributed by atoms with E-state index in [9.17, 15) is 17.6 Å². The first-order valence-corrected chi connectivity index (χ1v) is 11.3. The van der Waals surface area contributed by atoms with Gasteiger partial charge in [0.15, 0.2) is 5.69 Å². The van der Waals surface area contributed by atoms with Crippen LogP contribution < -0.4 is 5.32 Å². The summed E-state index contributed by atoms with van der Waals surface area (Å²) in [6.07, 6.45) is 4.75. The summed E-state index contributed by atoms with van der Waals surface area (Å²) < 4.78 is 40.5. The summed E-state index contributed by atoms with van der Waals surface area (Å²) in [6.45, 7) is 0.789. The van der Waals surface area contributed by atoms with Gasteiger partial charge in [0.1, 0.15) is 11.5 Å². The van der Waals surface area contributed by atoms with Crippen LogP contribution in [0.1, 0.15) is 41.0 Å². The van der Waals surface area contributed by atoms with Crippen LogP contribution in [0.4, 0.5) is 4.39 Å². The number of carbonyl (C=O) groups excluding carboxylic acids is 1. The fraction of sp³-hybridized carbons (Fsp3) is 0.474. The van der Waals surface area contributed by atoms with E-state index < -0.39 is 10.0 Å². The second kappa shape index (κ2) is 7.29. The smallest absolute Gasteiger partial charge is 0.272 e. The van der Waals surface area contributed by atoms with Gasteiger partial charge in [-0.2, -0.15) is 5.10 Å². The maximum absolute atomic E-state index is 14.2. The Morgan fingerprint density at radius 3 is 2.61 bits per heavy atom. The maximum atomic E-state index is 14.2. The molecule has 7 nitrogen and oxygen atoms in total. The van der Waals surface area contributed by atoms with Crippen LogP contribution in [0, 0.1) is 5.82 Å². The molecule has 150 valence electrons. The second-order valence-corrected chi connectivity index (χ2v) is 9.38. The molecule has 0 bridgehead atoms. The van der Waals surface area contributed by atoms with Gasteiger partial charge in [-0.1, -0.05) is 12.1 Å². The summed E-state index contributed by atoms with van der Waals surface area (Å²) >= 11 is 0. The number of piperidine rings is 1. The number of nitrogens with zero attached hydrogens (tertiary/aromatic N) is 3. The number of carbonyl (C=O) groups is 1. The second-order valence-electron chi connectivity index (χ2n) is 7.40.